The molecule has 1 rings (SSSR count). The van der Waals surface area contributed by atoms with Crippen molar-refractivity contribution in [1.82, 2.24) is 15.5 Å². The van der Waals surface area contributed by atoms with Crippen LogP contribution in [0.3, 0.4) is 0 Å². The summed E-state index contributed by atoms with van der Waals surface area (Å²) < 4.78 is 6.01. The Morgan fingerprint density at radius 1 is 1.03 bits per heavy atom. The van der Waals surface area contributed by atoms with Crippen LogP contribution in [-0.2, 0) is 23.9 Å². The summed E-state index contributed by atoms with van der Waals surface area (Å²) in [4.78, 5) is 52.9. The van der Waals surface area contributed by atoms with E-state index in [1.54, 1.807) is 18.9 Å². The maximum Gasteiger partial charge on any atom is 0.312 e. The topological polar surface area (TPSA) is 105 Å². The average Bonchev–Trinajstić information content (AvgIpc) is 3.15. The van der Waals surface area contributed by atoms with E-state index in [2.05, 4.69) is 31.4 Å². The Kier molecular flexibility index (Phi) is 11.0. The van der Waals surface area contributed by atoms with Crippen LogP contribution in [0.4, 0.5) is 0 Å². The van der Waals surface area contributed by atoms with E-state index in [0.717, 1.165) is 13.0 Å². The number of carbonyl (C=O) groups is 4. The summed E-state index contributed by atoms with van der Waals surface area (Å²) >= 11 is 0. The first-order chi connectivity index (χ1) is 16.4. The molecule has 0 radical (unpaired) electrons. The summed E-state index contributed by atoms with van der Waals surface area (Å²) in [6.07, 6.45) is 3.20. The number of esters is 1. The zero-order valence-electron chi connectivity index (χ0n) is 24.4. The maximum absolute atomic E-state index is 13.4. The molecule has 1 heterocycles. The molecule has 0 bridgehead atoms. The molecule has 1 fully saturated rings. The number of likely N-dealkylation sites (tertiary alicyclic amines) is 1. The Morgan fingerprint density at radius 3 is 2.11 bits per heavy atom. The first-order valence-corrected chi connectivity index (χ1v) is 13.4. The number of rotatable bonds is 13. The molecular weight excluding hydrogens is 458 g/mol. The van der Waals surface area contributed by atoms with Crippen LogP contribution in [0, 0.1) is 22.2 Å². The Bertz CT molecular complexity index is 803. The van der Waals surface area contributed by atoms with E-state index in [4.69, 9.17) is 4.74 Å². The van der Waals surface area contributed by atoms with Crippen molar-refractivity contribution in [2.45, 2.75) is 106 Å². The van der Waals surface area contributed by atoms with Gasteiger partial charge in [0.15, 0.2) is 0 Å². The third-order valence-electron chi connectivity index (χ3n) is 7.21. The fourth-order valence-corrected chi connectivity index (χ4v) is 5.63. The summed E-state index contributed by atoms with van der Waals surface area (Å²) in [6, 6.07) is 0. The van der Waals surface area contributed by atoms with Gasteiger partial charge in [-0.05, 0) is 58.3 Å². The fraction of sp³-hybridized carbons (Fsp3) is 0.857. The Labute approximate surface area is 218 Å². The Morgan fingerprint density at radius 2 is 1.64 bits per heavy atom. The normalized spacial score (nSPS) is 18.7. The minimum atomic E-state index is -0.950. The lowest BCUT2D eigenvalue weighted by Crippen LogP contribution is -2.47. The van der Waals surface area contributed by atoms with Gasteiger partial charge in [0.25, 0.3) is 0 Å². The van der Waals surface area contributed by atoms with Crippen molar-refractivity contribution < 1.29 is 23.9 Å². The minimum Gasteiger partial charge on any atom is -0.459 e. The summed E-state index contributed by atoms with van der Waals surface area (Å²) in [5.41, 5.74) is -2.48. The smallest absolute Gasteiger partial charge is 0.312 e. The number of nitrogens with one attached hydrogen (secondary N) is 2. The van der Waals surface area contributed by atoms with Gasteiger partial charge in [-0.1, -0.05) is 41.5 Å². The second-order valence-electron chi connectivity index (χ2n) is 13.0. The van der Waals surface area contributed by atoms with Crippen LogP contribution in [0.25, 0.3) is 0 Å². The van der Waals surface area contributed by atoms with Crippen molar-refractivity contribution in [1.29, 1.82) is 0 Å². The number of amides is 3. The summed E-state index contributed by atoms with van der Waals surface area (Å²) in [7, 11) is 1.58. The van der Waals surface area contributed by atoms with Gasteiger partial charge in [-0.2, -0.15) is 0 Å². The molecule has 3 amide bonds. The van der Waals surface area contributed by atoms with E-state index in [0.29, 0.717) is 32.4 Å². The minimum absolute atomic E-state index is 0.00609. The van der Waals surface area contributed by atoms with Crippen LogP contribution in [-0.4, -0.2) is 60.9 Å². The molecule has 208 valence electrons. The lowest BCUT2D eigenvalue weighted by Gasteiger charge is -2.40. The highest BCUT2D eigenvalue weighted by molar-refractivity contribution is 5.85. The van der Waals surface area contributed by atoms with Crippen LogP contribution in [0.15, 0.2) is 0 Å². The van der Waals surface area contributed by atoms with E-state index in [9.17, 15) is 19.2 Å². The molecule has 3 unspecified atom stereocenters. The first kappa shape index (κ1) is 31.9. The second kappa shape index (κ2) is 12.4. The number of ether oxygens (including phenoxy) is 1. The molecule has 3 atom stereocenters. The van der Waals surface area contributed by atoms with E-state index < -0.39 is 22.3 Å². The second-order valence-corrected chi connectivity index (χ2v) is 13.0. The molecule has 8 nitrogen and oxygen atoms in total. The van der Waals surface area contributed by atoms with Gasteiger partial charge < -0.3 is 20.3 Å². The largest absolute Gasteiger partial charge is 0.459 e. The van der Waals surface area contributed by atoms with Gasteiger partial charge in [-0.3, -0.25) is 19.2 Å². The standard InChI is InChI=1S/C28H51N3O5/c1-11-27(8,24(35)36-26(6,7)18-25(3,4)5)19-28(9,23(34)29-10)17-20(2)22(33)30-14-16-31-15-12-13-21(31)32/h20H,11-19H2,1-10H3,(H,29,34)(H,30,33). The third-order valence-corrected chi connectivity index (χ3v) is 7.21. The van der Waals surface area contributed by atoms with Gasteiger partial charge in [-0.15, -0.1) is 0 Å². The van der Waals surface area contributed by atoms with E-state index >= 15 is 0 Å². The number of hydrogen-bond acceptors (Lipinski definition) is 5. The van der Waals surface area contributed by atoms with Gasteiger partial charge in [0, 0.05) is 44.4 Å². The number of carbonyl (C=O) groups excluding carboxylic acids is 4. The zero-order chi connectivity index (χ0) is 27.9. The van der Waals surface area contributed by atoms with Crippen molar-refractivity contribution in [3.05, 3.63) is 0 Å². The molecule has 8 heteroatoms. The molecule has 0 saturated carbocycles. The van der Waals surface area contributed by atoms with Gasteiger partial charge in [0.1, 0.15) is 5.60 Å². The molecule has 2 N–H and O–H groups in total. The van der Waals surface area contributed by atoms with Gasteiger partial charge in [-0.25, -0.2) is 0 Å². The first-order valence-electron chi connectivity index (χ1n) is 13.4. The Balaban J connectivity index is 2.93. The van der Waals surface area contributed by atoms with E-state index in [1.807, 2.05) is 34.6 Å². The van der Waals surface area contributed by atoms with Crippen molar-refractivity contribution in [2.75, 3.05) is 26.7 Å². The lowest BCUT2D eigenvalue weighted by molar-refractivity contribution is -0.173. The lowest BCUT2D eigenvalue weighted by atomic mass is 9.67. The van der Waals surface area contributed by atoms with Gasteiger partial charge >= 0.3 is 5.97 Å². The van der Waals surface area contributed by atoms with Crippen molar-refractivity contribution >= 4 is 23.7 Å². The fourth-order valence-electron chi connectivity index (χ4n) is 5.63. The molecule has 1 saturated heterocycles. The monoisotopic (exact) mass is 509 g/mol. The van der Waals surface area contributed by atoms with Crippen molar-refractivity contribution in [3.63, 3.8) is 0 Å². The average molecular weight is 510 g/mol. The molecule has 1 aliphatic heterocycles. The number of nitrogens with zero attached hydrogens (tertiary/aromatic N) is 1. The molecule has 0 aromatic carbocycles. The Hall–Kier alpha value is -2.12. The third kappa shape index (κ3) is 9.40. The molecule has 36 heavy (non-hydrogen) atoms. The quantitative estimate of drug-likeness (QED) is 0.364. The van der Waals surface area contributed by atoms with E-state index in [1.165, 1.54) is 0 Å². The molecular formula is C28H51N3O5. The van der Waals surface area contributed by atoms with Crippen molar-refractivity contribution in [3.8, 4) is 0 Å². The van der Waals surface area contributed by atoms with Gasteiger partial charge in [0.2, 0.25) is 17.7 Å². The predicted octanol–water partition coefficient (Wildman–Crippen LogP) is 4.07. The summed E-state index contributed by atoms with van der Waals surface area (Å²) in [6.45, 7) is 19.2. The molecule has 1 aliphatic rings. The molecule has 0 aromatic rings. The van der Waals surface area contributed by atoms with Crippen LogP contribution in [0.2, 0.25) is 0 Å². The summed E-state index contributed by atoms with van der Waals surface area (Å²) in [5, 5.41) is 5.64. The van der Waals surface area contributed by atoms with Crippen LogP contribution >= 0.6 is 0 Å². The SMILES string of the molecule is CCC(C)(CC(C)(CC(C)C(=O)NCCN1CCCC1=O)C(=O)NC)C(=O)OC(C)(C)CC(C)(C)C. The van der Waals surface area contributed by atoms with Crippen LogP contribution in [0.5, 0.6) is 0 Å². The molecule has 0 aliphatic carbocycles. The summed E-state index contributed by atoms with van der Waals surface area (Å²) in [5.74, 6) is -1.01. The van der Waals surface area contributed by atoms with Crippen LogP contribution in [0.1, 0.15) is 101 Å². The van der Waals surface area contributed by atoms with Crippen LogP contribution < -0.4 is 10.6 Å². The van der Waals surface area contributed by atoms with Gasteiger partial charge in [0.05, 0.1) is 5.41 Å². The highest BCUT2D eigenvalue weighted by Gasteiger charge is 2.47. The maximum atomic E-state index is 13.4. The van der Waals surface area contributed by atoms with E-state index in [-0.39, 0.29) is 41.9 Å². The zero-order valence-corrected chi connectivity index (χ0v) is 24.4. The van der Waals surface area contributed by atoms with Crippen molar-refractivity contribution in [2.24, 2.45) is 22.2 Å². The molecule has 0 aromatic heterocycles. The predicted molar refractivity (Wildman–Crippen MR) is 142 cm³/mol. The number of hydrogen-bond donors (Lipinski definition) is 2. The molecule has 0 spiro atoms. The highest BCUT2D eigenvalue weighted by Crippen LogP contribution is 2.43. The highest BCUT2D eigenvalue weighted by atomic mass is 16.6.